The summed E-state index contributed by atoms with van der Waals surface area (Å²) in [6.45, 7) is 2.26. The predicted octanol–water partition coefficient (Wildman–Crippen LogP) is 5.30. The van der Waals surface area contributed by atoms with Gasteiger partial charge in [-0.05, 0) is 36.2 Å². The van der Waals surface area contributed by atoms with Crippen LogP contribution in [0.25, 0.3) is 10.2 Å². The summed E-state index contributed by atoms with van der Waals surface area (Å²) in [5.74, 6) is 0.171. The second-order valence-electron chi connectivity index (χ2n) is 6.59. The van der Waals surface area contributed by atoms with Crippen molar-refractivity contribution in [2.24, 2.45) is 5.92 Å². The molecule has 146 valence electrons. The zero-order valence-corrected chi connectivity index (χ0v) is 17.1. The SMILES string of the molecule is CCC(=O)C[C@H](CNC(=O)Nc1ccccc1)Cc1nc2ccc(Cl)cc2s1. The minimum Gasteiger partial charge on any atom is -0.338 e. The van der Waals surface area contributed by atoms with Crippen LogP contribution in [0.5, 0.6) is 0 Å². The summed E-state index contributed by atoms with van der Waals surface area (Å²) in [7, 11) is 0. The maximum atomic E-state index is 12.2. The first kappa shape index (κ1) is 20.3. The number of nitrogens with one attached hydrogen (secondary N) is 2. The predicted molar refractivity (Wildman–Crippen MR) is 115 cm³/mol. The van der Waals surface area contributed by atoms with Crippen LogP contribution in [0.2, 0.25) is 5.02 Å². The number of halogens is 1. The highest BCUT2D eigenvalue weighted by Gasteiger charge is 2.17. The van der Waals surface area contributed by atoms with Gasteiger partial charge in [-0.15, -0.1) is 11.3 Å². The van der Waals surface area contributed by atoms with E-state index in [1.165, 1.54) is 0 Å². The number of Topliss-reactive ketones (excluding diaryl/α,β-unsaturated/α-hetero) is 1. The number of fused-ring (bicyclic) bond motifs is 1. The Morgan fingerprint density at radius 1 is 1.18 bits per heavy atom. The van der Waals surface area contributed by atoms with E-state index in [9.17, 15) is 9.59 Å². The Kier molecular flexibility index (Phi) is 7.01. The highest BCUT2D eigenvalue weighted by atomic mass is 35.5. The monoisotopic (exact) mass is 415 g/mol. The molecule has 28 heavy (non-hydrogen) atoms. The average Bonchev–Trinajstić information content (AvgIpc) is 3.08. The molecule has 0 bridgehead atoms. The average molecular weight is 416 g/mol. The van der Waals surface area contributed by atoms with Crippen molar-refractivity contribution in [3.63, 3.8) is 0 Å². The van der Waals surface area contributed by atoms with E-state index in [4.69, 9.17) is 11.6 Å². The van der Waals surface area contributed by atoms with Crippen molar-refractivity contribution in [3.05, 3.63) is 58.6 Å². The van der Waals surface area contributed by atoms with E-state index in [2.05, 4.69) is 15.6 Å². The molecule has 2 amide bonds. The Balaban J connectivity index is 1.64. The fourth-order valence-corrected chi connectivity index (χ4v) is 4.25. The van der Waals surface area contributed by atoms with Crippen molar-refractivity contribution in [1.29, 1.82) is 0 Å². The smallest absolute Gasteiger partial charge is 0.319 e. The largest absolute Gasteiger partial charge is 0.338 e. The molecule has 0 saturated heterocycles. The third kappa shape index (κ3) is 5.78. The maximum Gasteiger partial charge on any atom is 0.319 e. The molecule has 1 aromatic heterocycles. The number of hydrogen-bond acceptors (Lipinski definition) is 4. The van der Waals surface area contributed by atoms with E-state index in [-0.39, 0.29) is 17.7 Å². The summed E-state index contributed by atoms with van der Waals surface area (Å²) < 4.78 is 1.03. The van der Waals surface area contributed by atoms with E-state index in [0.717, 1.165) is 20.9 Å². The van der Waals surface area contributed by atoms with Crippen molar-refractivity contribution in [2.45, 2.75) is 26.2 Å². The summed E-state index contributed by atoms with van der Waals surface area (Å²) in [6, 6.07) is 14.6. The molecule has 0 radical (unpaired) electrons. The lowest BCUT2D eigenvalue weighted by Crippen LogP contribution is -2.34. The molecular formula is C21H22ClN3O2S. The fraction of sp³-hybridized carbons (Fsp3) is 0.286. The molecule has 0 aliphatic rings. The highest BCUT2D eigenvalue weighted by molar-refractivity contribution is 7.18. The molecule has 0 aliphatic carbocycles. The molecule has 1 atom stereocenters. The van der Waals surface area contributed by atoms with Crippen LogP contribution in [0.15, 0.2) is 48.5 Å². The molecular weight excluding hydrogens is 394 g/mol. The van der Waals surface area contributed by atoms with E-state index >= 15 is 0 Å². The van der Waals surface area contributed by atoms with Crippen molar-refractivity contribution in [1.82, 2.24) is 10.3 Å². The summed E-state index contributed by atoms with van der Waals surface area (Å²) in [4.78, 5) is 28.8. The Bertz CT molecular complexity index is 959. The van der Waals surface area contributed by atoms with Gasteiger partial charge in [0.25, 0.3) is 0 Å². The van der Waals surface area contributed by atoms with Crippen LogP contribution in [0.3, 0.4) is 0 Å². The van der Waals surface area contributed by atoms with Crippen LogP contribution in [0, 0.1) is 5.92 Å². The third-order valence-corrected chi connectivity index (χ3v) is 5.63. The number of aromatic nitrogens is 1. The third-order valence-electron chi connectivity index (χ3n) is 4.35. The molecule has 0 fully saturated rings. The van der Waals surface area contributed by atoms with Crippen LogP contribution in [0.4, 0.5) is 10.5 Å². The van der Waals surface area contributed by atoms with Gasteiger partial charge in [-0.25, -0.2) is 9.78 Å². The van der Waals surface area contributed by atoms with Crippen LogP contribution >= 0.6 is 22.9 Å². The van der Waals surface area contributed by atoms with E-state index in [1.807, 2.05) is 55.5 Å². The van der Waals surface area contributed by atoms with Gasteiger partial charge in [0.05, 0.1) is 15.2 Å². The van der Waals surface area contributed by atoms with Gasteiger partial charge < -0.3 is 10.6 Å². The number of thiazole rings is 1. The van der Waals surface area contributed by atoms with Crippen LogP contribution in [0.1, 0.15) is 24.8 Å². The number of anilines is 1. The van der Waals surface area contributed by atoms with Crippen molar-refractivity contribution in [2.75, 3.05) is 11.9 Å². The number of amides is 2. The van der Waals surface area contributed by atoms with E-state index in [0.29, 0.717) is 30.8 Å². The van der Waals surface area contributed by atoms with Crippen LogP contribution < -0.4 is 10.6 Å². The summed E-state index contributed by atoms with van der Waals surface area (Å²) >= 11 is 7.63. The molecule has 2 aromatic carbocycles. The van der Waals surface area contributed by atoms with Gasteiger partial charge >= 0.3 is 6.03 Å². The Morgan fingerprint density at radius 3 is 2.71 bits per heavy atom. The topological polar surface area (TPSA) is 71.1 Å². The number of urea groups is 1. The lowest BCUT2D eigenvalue weighted by molar-refractivity contribution is -0.119. The van der Waals surface area contributed by atoms with Crippen molar-refractivity contribution >= 4 is 50.7 Å². The molecule has 0 saturated carbocycles. The lowest BCUT2D eigenvalue weighted by atomic mass is 9.98. The number of nitrogens with zero attached hydrogens (tertiary/aromatic N) is 1. The Hall–Kier alpha value is -2.44. The van der Waals surface area contributed by atoms with Gasteiger partial charge in [0.15, 0.2) is 0 Å². The van der Waals surface area contributed by atoms with Crippen LogP contribution in [-0.4, -0.2) is 23.3 Å². The number of rotatable bonds is 8. The minimum absolute atomic E-state index is 0.00925. The molecule has 3 rings (SSSR count). The number of benzene rings is 2. The van der Waals surface area contributed by atoms with Gasteiger partial charge in [0.2, 0.25) is 0 Å². The second kappa shape index (κ2) is 9.66. The molecule has 0 spiro atoms. The van der Waals surface area contributed by atoms with Crippen molar-refractivity contribution in [3.8, 4) is 0 Å². The molecule has 1 heterocycles. The first-order chi connectivity index (χ1) is 13.5. The van der Waals surface area contributed by atoms with E-state index in [1.54, 1.807) is 11.3 Å². The number of hydrogen-bond donors (Lipinski definition) is 2. The Labute approximate surface area is 173 Å². The zero-order chi connectivity index (χ0) is 19.9. The molecule has 5 nitrogen and oxygen atoms in total. The Morgan fingerprint density at radius 2 is 1.96 bits per heavy atom. The zero-order valence-electron chi connectivity index (χ0n) is 15.6. The van der Waals surface area contributed by atoms with Gasteiger partial charge in [-0.2, -0.15) is 0 Å². The fourth-order valence-electron chi connectivity index (χ4n) is 2.90. The number of ketones is 1. The molecule has 0 unspecified atom stereocenters. The second-order valence-corrected chi connectivity index (χ2v) is 8.14. The van der Waals surface area contributed by atoms with Gasteiger partial charge in [0, 0.05) is 36.5 Å². The van der Waals surface area contributed by atoms with Crippen molar-refractivity contribution < 1.29 is 9.59 Å². The van der Waals surface area contributed by atoms with Gasteiger partial charge in [0.1, 0.15) is 5.78 Å². The first-order valence-corrected chi connectivity index (χ1v) is 10.4. The number of para-hydroxylation sites is 1. The van der Waals surface area contributed by atoms with Gasteiger partial charge in [-0.3, -0.25) is 4.79 Å². The first-order valence-electron chi connectivity index (χ1n) is 9.20. The van der Waals surface area contributed by atoms with Gasteiger partial charge in [-0.1, -0.05) is 36.7 Å². The minimum atomic E-state index is -0.281. The number of carbonyl (C=O) groups is 2. The van der Waals surface area contributed by atoms with Crippen LogP contribution in [-0.2, 0) is 11.2 Å². The summed E-state index contributed by atoms with van der Waals surface area (Å²) in [6.07, 6.45) is 1.54. The standard InChI is InChI=1S/C21H22ClN3O2S/c1-2-17(26)10-14(13-23-21(27)24-16-6-4-3-5-7-16)11-20-25-18-9-8-15(22)12-19(18)28-20/h3-9,12,14H,2,10-11,13H2,1H3,(H2,23,24,27)/t14-/m0/s1. The van der Waals surface area contributed by atoms with E-state index < -0.39 is 0 Å². The highest BCUT2D eigenvalue weighted by Crippen LogP contribution is 2.27. The maximum absolute atomic E-state index is 12.2. The molecule has 0 aliphatic heterocycles. The molecule has 3 aromatic rings. The summed E-state index contributed by atoms with van der Waals surface area (Å²) in [5, 5.41) is 7.29. The lowest BCUT2D eigenvalue weighted by Gasteiger charge is -2.16. The molecule has 2 N–H and O–H groups in total. The quantitative estimate of drug-likeness (QED) is 0.524. The molecule has 7 heteroatoms. The number of carbonyl (C=O) groups excluding carboxylic acids is 2. The summed E-state index contributed by atoms with van der Waals surface area (Å²) in [5.41, 5.74) is 1.63. The normalized spacial score (nSPS) is 11.9.